The minimum atomic E-state index is -0.215. The number of benzene rings is 2. The van der Waals surface area contributed by atoms with E-state index >= 15 is 0 Å². The summed E-state index contributed by atoms with van der Waals surface area (Å²) in [7, 11) is 0. The van der Waals surface area contributed by atoms with Gasteiger partial charge in [-0.2, -0.15) is 0 Å². The van der Waals surface area contributed by atoms with Crippen LogP contribution in [0.15, 0.2) is 94.2 Å². The molecule has 0 saturated heterocycles. The third kappa shape index (κ3) is 4.62. The molecule has 0 bridgehead atoms. The van der Waals surface area contributed by atoms with Crippen LogP contribution in [-0.4, -0.2) is 0 Å². The van der Waals surface area contributed by atoms with Crippen LogP contribution in [0.2, 0.25) is 10.0 Å². The highest BCUT2D eigenvalue weighted by Gasteiger charge is 2.25. The van der Waals surface area contributed by atoms with Crippen LogP contribution >= 0.6 is 35.6 Å². The van der Waals surface area contributed by atoms with Crippen molar-refractivity contribution in [2.24, 2.45) is 0 Å². The lowest BCUT2D eigenvalue weighted by molar-refractivity contribution is 0.391. The van der Waals surface area contributed by atoms with E-state index in [-0.39, 0.29) is 24.5 Å². The van der Waals surface area contributed by atoms with Gasteiger partial charge in [-0.1, -0.05) is 47.5 Å². The SMILES string of the molecule is Cl.Clc1cccc(C(NC(c2cccc(Cl)c2)c2ccco2)c2ccco2)c1. The van der Waals surface area contributed by atoms with Crippen molar-refractivity contribution in [1.29, 1.82) is 0 Å². The Labute approximate surface area is 179 Å². The second-order valence-electron chi connectivity index (χ2n) is 6.17. The zero-order chi connectivity index (χ0) is 18.6. The molecule has 2 aromatic carbocycles. The minimum absolute atomic E-state index is 0. The lowest BCUT2D eigenvalue weighted by atomic mass is 9.99. The Hall–Kier alpha value is -2.17. The molecule has 0 aliphatic rings. The quantitative estimate of drug-likeness (QED) is 0.353. The molecule has 28 heavy (non-hydrogen) atoms. The lowest BCUT2D eigenvalue weighted by Crippen LogP contribution is -2.27. The molecule has 0 aliphatic carbocycles. The molecule has 2 heterocycles. The molecule has 2 unspecified atom stereocenters. The second-order valence-corrected chi connectivity index (χ2v) is 7.05. The van der Waals surface area contributed by atoms with Crippen LogP contribution in [-0.2, 0) is 0 Å². The number of hydrogen-bond donors (Lipinski definition) is 1. The van der Waals surface area contributed by atoms with Crippen LogP contribution in [0.1, 0.15) is 34.7 Å². The zero-order valence-corrected chi connectivity index (χ0v) is 17.0. The van der Waals surface area contributed by atoms with Crippen molar-refractivity contribution in [1.82, 2.24) is 5.32 Å². The maximum Gasteiger partial charge on any atom is 0.125 e. The molecule has 0 fully saturated rings. The molecule has 0 radical (unpaired) electrons. The third-order valence-corrected chi connectivity index (χ3v) is 4.82. The van der Waals surface area contributed by atoms with Crippen molar-refractivity contribution in [3.8, 4) is 0 Å². The normalized spacial score (nSPS) is 12.9. The lowest BCUT2D eigenvalue weighted by Gasteiger charge is -2.24. The summed E-state index contributed by atoms with van der Waals surface area (Å²) in [6.45, 7) is 0. The molecule has 6 heteroatoms. The first-order chi connectivity index (χ1) is 13.2. The van der Waals surface area contributed by atoms with Crippen molar-refractivity contribution in [2.45, 2.75) is 12.1 Å². The fourth-order valence-corrected chi connectivity index (χ4v) is 3.53. The molecule has 4 aromatic rings. The summed E-state index contributed by atoms with van der Waals surface area (Å²) < 4.78 is 11.4. The predicted molar refractivity (Wildman–Crippen MR) is 114 cm³/mol. The van der Waals surface area contributed by atoms with Gasteiger partial charge in [0.25, 0.3) is 0 Å². The molecule has 1 N–H and O–H groups in total. The van der Waals surface area contributed by atoms with Gasteiger partial charge < -0.3 is 8.83 Å². The molecular formula is C22H18Cl3NO2. The van der Waals surface area contributed by atoms with E-state index in [2.05, 4.69) is 5.32 Å². The molecule has 4 rings (SSSR count). The largest absolute Gasteiger partial charge is 0.467 e. The van der Waals surface area contributed by atoms with Crippen molar-refractivity contribution >= 4 is 35.6 Å². The second kappa shape index (κ2) is 9.35. The molecule has 0 aliphatic heterocycles. The van der Waals surface area contributed by atoms with Gasteiger partial charge in [0.2, 0.25) is 0 Å². The molecule has 144 valence electrons. The van der Waals surface area contributed by atoms with E-state index in [1.54, 1.807) is 12.5 Å². The van der Waals surface area contributed by atoms with Crippen LogP contribution in [0.4, 0.5) is 0 Å². The van der Waals surface area contributed by atoms with Gasteiger partial charge in [0.05, 0.1) is 24.6 Å². The van der Waals surface area contributed by atoms with E-state index in [0.717, 1.165) is 22.6 Å². The van der Waals surface area contributed by atoms with E-state index in [9.17, 15) is 0 Å². The summed E-state index contributed by atoms with van der Waals surface area (Å²) in [5, 5.41) is 4.98. The van der Waals surface area contributed by atoms with Gasteiger partial charge in [-0.25, -0.2) is 0 Å². The number of halogens is 3. The molecule has 3 nitrogen and oxygen atoms in total. The number of hydrogen-bond acceptors (Lipinski definition) is 3. The summed E-state index contributed by atoms with van der Waals surface area (Å²) in [4.78, 5) is 0. The smallest absolute Gasteiger partial charge is 0.125 e. The van der Waals surface area contributed by atoms with Crippen LogP contribution in [0.3, 0.4) is 0 Å². The van der Waals surface area contributed by atoms with Gasteiger partial charge in [-0.05, 0) is 59.7 Å². The first-order valence-electron chi connectivity index (χ1n) is 8.54. The van der Waals surface area contributed by atoms with Crippen molar-refractivity contribution < 1.29 is 8.83 Å². The predicted octanol–water partition coefficient (Wildman–Crippen LogP) is 7.07. The van der Waals surface area contributed by atoms with Gasteiger partial charge in [0.1, 0.15) is 11.5 Å². The maximum atomic E-state index is 6.23. The van der Waals surface area contributed by atoms with Crippen LogP contribution < -0.4 is 5.32 Å². The van der Waals surface area contributed by atoms with E-state index < -0.39 is 0 Å². The fraction of sp³-hybridized carbons (Fsp3) is 0.0909. The summed E-state index contributed by atoms with van der Waals surface area (Å²) in [6, 6.07) is 22.6. The Balaban J connectivity index is 0.00000225. The van der Waals surface area contributed by atoms with Crippen LogP contribution in [0.5, 0.6) is 0 Å². The van der Waals surface area contributed by atoms with Crippen LogP contribution in [0.25, 0.3) is 0 Å². The Bertz CT molecular complexity index is 919. The van der Waals surface area contributed by atoms with Crippen molar-refractivity contribution in [2.75, 3.05) is 0 Å². The van der Waals surface area contributed by atoms with Gasteiger partial charge in [0, 0.05) is 10.0 Å². The maximum absolute atomic E-state index is 6.23. The average Bonchev–Trinajstić information content (AvgIpc) is 3.37. The fourth-order valence-electron chi connectivity index (χ4n) is 3.14. The van der Waals surface area contributed by atoms with Crippen molar-refractivity contribution in [3.63, 3.8) is 0 Å². The highest BCUT2D eigenvalue weighted by molar-refractivity contribution is 6.30. The van der Waals surface area contributed by atoms with E-state index in [1.807, 2.05) is 72.8 Å². The summed E-state index contributed by atoms with van der Waals surface area (Å²) in [6.07, 6.45) is 3.33. The third-order valence-electron chi connectivity index (χ3n) is 4.35. The highest BCUT2D eigenvalue weighted by atomic mass is 35.5. The van der Waals surface area contributed by atoms with Crippen LogP contribution in [0, 0.1) is 0 Å². The molecule has 0 amide bonds. The first-order valence-corrected chi connectivity index (χ1v) is 9.30. The number of furan rings is 2. The molecule has 2 atom stereocenters. The Morgan fingerprint density at radius 1 is 0.643 bits per heavy atom. The zero-order valence-electron chi connectivity index (χ0n) is 14.7. The standard InChI is InChI=1S/C22H17Cl2NO2.ClH/c23-17-7-1-5-15(13-17)21(19-9-3-11-26-19)25-22(20-10-4-12-27-20)16-6-2-8-18(24)14-16;/h1-14,21-22,25H;1H. The summed E-state index contributed by atoms with van der Waals surface area (Å²) in [5.41, 5.74) is 1.99. The average molecular weight is 435 g/mol. The monoisotopic (exact) mass is 433 g/mol. The summed E-state index contributed by atoms with van der Waals surface area (Å²) in [5.74, 6) is 1.58. The van der Waals surface area contributed by atoms with E-state index in [1.165, 1.54) is 0 Å². The molecule has 0 saturated carbocycles. The highest BCUT2D eigenvalue weighted by Crippen LogP contribution is 2.32. The topological polar surface area (TPSA) is 38.3 Å². The molecular weight excluding hydrogens is 417 g/mol. The first kappa shape index (κ1) is 20.6. The van der Waals surface area contributed by atoms with E-state index in [4.69, 9.17) is 32.0 Å². The van der Waals surface area contributed by atoms with E-state index in [0.29, 0.717) is 10.0 Å². The van der Waals surface area contributed by atoms with Gasteiger partial charge in [0.15, 0.2) is 0 Å². The molecule has 2 aromatic heterocycles. The minimum Gasteiger partial charge on any atom is -0.467 e. The van der Waals surface area contributed by atoms with Crippen molar-refractivity contribution in [3.05, 3.63) is 118 Å². The van der Waals surface area contributed by atoms with Gasteiger partial charge in [-0.3, -0.25) is 5.32 Å². The Morgan fingerprint density at radius 3 is 1.46 bits per heavy atom. The Morgan fingerprint density at radius 2 is 1.11 bits per heavy atom. The number of rotatable bonds is 6. The summed E-state index contributed by atoms with van der Waals surface area (Å²) >= 11 is 12.5. The molecule has 0 spiro atoms. The number of nitrogens with one attached hydrogen (secondary N) is 1. The van der Waals surface area contributed by atoms with Gasteiger partial charge in [-0.15, -0.1) is 12.4 Å². The van der Waals surface area contributed by atoms with Gasteiger partial charge >= 0.3 is 0 Å². The Kier molecular flexibility index (Phi) is 6.87.